The summed E-state index contributed by atoms with van der Waals surface area (Å²) in [5.74, 6) is 0. The van der Waals surface area contributed by atoms with Gasteiger partial charge >= 0.3 is 0 Å². The van der Waals surface area contributed by atoms with Crippen LogP contribution in [0.2, 0.25) is 10.2 Å². The van der Waals surface area contributed by atoms with Gasteiger partial charge in [-0.3, -0.25) is 4.68 Å². The smallest absolute Gasteiger partial charge is 0.130 e. The highest BCUT2D eigenvalue weighted by molar-refractivity contribution is 6.30. The van der Waals surface area contributed by atoms with Crippen molar-refractivity contribution in [2.45, 2.75) is 25.8 Å². The molecule has 0 fully saturated rings. The molecule has 3 nitrogen and oxygen atoms in total. The molecule has 0 spiro atoms. The third kappa shape index (κ3) is 3.50. The molecular weight excluding hydrogens is 281 g/mol. The standard InChI is InChI=1S/C14H17Cl2N3/c1-9-13(14(16)19(2)18-9)8-12(17)7-10-4-3-5-11(15)6-10/h3-6,12H,7-8,17H2,1-2H3. The number of hydrogen-bond acceptors (Lipinski definition) is 2. The molecule has 0 saturated carbocycles. The number of nitrogens with zero attached hydrogens (tertiary/aromatic N) is 2. The van der Waals surface area contributed by atoms with Crippen molar-refractivity contribution in [3.63, 3.8) is 0 Å². The van der Waals surface area contributed by atoms with Gasteiger partial charge in [-0.25, -0.2) is 0 Å². The first-order valence-corrected chi connectivity index (χ1v) is 6.91. The van der Waals surface area contributed by atoms with E-state index in [1.54, 1.807) is 4.68 Å². The number of aromatic nitrogens is 2. The van der Waals surface area contributed by atoms with Gasteiger partial charge in [-0.15, -0.1) is 0 Å². The van der Waals surface area contributed by atoms with Gasteiger partial charge in [0, 0.05) is 23.7 Å². The number of halogens is 2. The molecule has 1 unspecified atom stereocenters. The van der Waals surface area contributed by atoms with Crippen LogP contribution >= 0.6 is 23.2 Å². The Morgan fingerprint density at radius 2 is 2.05 bits per heavy atom. The lowest BCUT2D eigenvalue weighted by Gasteiger charge is -2.12. The number of hydrogen-bond donors (Lipinski definition) is 1. The molecule has 5 heteroatoms. The molecule has 2 rings (SSSR count). The van der Waals surface area contributed by atoms with Crippen molar-refractivity contribution in [3.05, 3.63) is 51.3 Å². The Balaban J connectivity index is 2.07. The first-order valence-electron chi connectivity index (χ1n) is 6.15. The molecule has 19 heavy (non-hydrogen) atoms. The zero-order valence-corrected chi connectivity index (χ0v) is 12.5. The van der Waals surface area contributed by atoms with Crippen molar-refractivity contribution >= 4 is 23.2 Å². The molecule has 0 radical (unpaired) electrons. The molecule has 1 aromatic heterocycles. The topological polar surface area (TPSA) is 43.8 Å². The summed E-state index contributed by atoms with van der Waals surface area (Å²) in [7, 11) is 1.83. The van der Waals surface area contributed by atoms with Gasteiger partial charge in [0.05, 0.1) is 5.69 Å². The average molecular weight is 298 g/mol. The predicted octanol–water partition coefficient (Wildman–Crippen LogP) is 3.15. The highest BCUT2D eigenvalue weighted by atomic mass is 35.5. The molecule has 1 atom stereocenters. The van der Waals surface area contributed by atoms with E-state index in [2.05, 4.69) is 5.10 Å². The summed E-state index contributed by atoms with van der Waals surface area (Å²) >= 11 is 12.2. The van der Waals surface area contributed by atoms with Gasteiger partial charge in [0.25, 0.3) is 0 Å². The van der Waals surface area contributed by atoms with E-state index in [1.807, 2.05) is 38.2 Å². The van der Waals surface area contributed by atoms with E-state index >= 15 is 0 Å². The van der Waals surface area contributed by atoms with Gasteiger partial charge < -0.3 is 5.73 Å². The van der Waals surface area contributed by atoms with E-state index in [1.165, 1.54) is 0 Å². The van der Waals surface area contributed by atoms with Crippen LogP contribution in [-0.2, 0) is 19.9 Å². The molecule has 0 amide bonds. The van der Waals surface area contributed by atoms with Crippen LogP contribution in [0.5, 0.6) is 0 Å². The molecule has 0 aliphatic heterocycles. The van der Waals surface area contributed by atoms with Crippen molar-refractivity contribution in [1.29, 1.82) is 0 Å². The summed E-state index contributed by atoms with van der Waals surface area (Å²) in [6.07, 6.45) is 1.48. The van der Waals surface area contributed by atoms with Crippen LogP contribution < -0.4 is 5.73 Å². The lowest BCUT2D eigenvalue weighted by atomic mass is 10.0. The average Bonchev–Trinajstić information content (AvgIpc) is 2.56. The summed E-state index contributed by atoms with van der Waals surface area (Å²) in [6, 6.07) is 7.77. The molecular formula is C14H17Cl2N3. The van der Waals surface area contributed by atoms with Crippen molar-refractivity contribution in [2.24, 2.45) is 12.8 Å². The summed E-state index contributed by atoms with van der Waals surface area (Å²) in [4.78, 5) is 0. The first-order chi connectivity index (χ1) is 8.97. The number of rotatable bonds is 4. The second-order valence-corrected chi connectivity index (χ2v) is 5.57. The van der Waals surface area contributed by atoms with Crippen LogP contribution in [0, 0.1) is 6.92 Å². The van der Waals surface area contributed by atoms with Crippen molar-refractivity contribution in [2.75, 3.05) is 0 Å². The molecule has 0 bridgehead atoms. The number of nitrogens with two attached hydrogens (primary N) is 1. The highest BCUT2D eigenvalue weighted by Crippen LogP contribution is 2.21. The van der Waals surface area contributed by atoms with E-state index < -0.39 is 0 Å². The summed E-state index contributed by atoms with van der Waals surface area (Å²) in [6.45, 7) is 1.95. The summed E-state index contributed by atoms with van der Waals surface area (Å²) in [5, 5.41) is 5.70. The molecule has 0 aliphatic rings. The van der Waals surface area contributed by atoms with Gasteiger partial charge in [-0.05, 0) is 37.5 Å². The van der Waals surface area contributed by atoms with Crippen molar-refractivity contribution in [3.8, 4) is 0 Å². The Morgan fingerprint density at radius 1 is 1.32 bits per heavy atom. The van der Waals surface area contributed by atoms with Crippen molar-refractivity contribution in [1.82, 2.24) is 9.78 Å². The molecule has 0 saturated heterocycles. The molecule has 1 aromatic carbocycles. The molecule has 0 aliphatic carbocycles. The van der Waals surface area contributed by atoms with E-state index in [9.17, 15) is 0 Å². The second-order valence-electron chi connectivity index (χ2n) is 4.78. The predicted molar refractivity (Wildman–Crippen MR) is 79.8 cm³/mol. The monoisotopic (exact) mass is 297 g/mol. The Bertz CT molecular complexity index is 578. The SMILES string of the molecule is Cc1nn(C)c(Cl)c1CC(N)Cc1cccc(Cl)c1. The van der Waals surface area contributed by atoms with E-state index in [0.717, 1.165) is 28.3 Å². The van der Waals surface area contributed by atoms with E-state index in [4.69, 9.17) is 28.9 Å². The normalized spacial score (nSPS) is 12.7. The minimum Gasteiger partial charge on any atom is -0.327 e. The Morgan fingerprint density at radius 3 is 2.63 bits per heavy atom. The summed E-state index contributed by atoms with van der Waals surface area (Å²) < 4.78 is 1.68. The molecule has 2 aromatic rings. The lowest BCUT2D eigenvalue weighted by Crippen LogP contribution is -2.25. The number of benzene rings is 1. The maximum Gasteiger partial charge on any atom is 0.130 e. The zero-order chi connectivity index (χ0) is 14.0. The van der Waals surface area contributed by atoms with Gasteiger partial charge in [-0.1, -0.05) is 35.3 Å². The largest absolute Gasteiger partial charge is 0.327 e. The van der Waals surface area contributed by atoms with Gasteiger partial charge in [0.2, 0.25) is 0 Å². The van der Waals surface area contributed by atoms with Gasteiger partial charge in [0.15, 0.2) is 0 Å². The van der Waals surface area contributed by atoms with E-state index in [-0.39, 0.29) is 6.04 Å². The number of aryl methyl sites for hydroxylation is 2. The molecule has 1 heterocycles. The van der Waals surface area contributed by atoms with Crippen LogP contribution in [0.15, 0.2) is 24.3 Å². The quantitative estimate of drug-likeness (QED) is 0.942. The lowest BCUT2D eigenvalue weighted by molar-refractivity contribution is 0.662. The van der Waals surface area contributed by atoms with Crippen LogP contribution in [0.3, 0.4) is 0 Å². The fourth-order valence-electron chi connectivity index (χ4n) is 2.21. The first kappa shape index (κ1) is 14.4. The third-order valence-electron chi connectivity index (χ3n) is 3.12. The molecule has 2 N–H and O–H groups in total. The van der Waals surface area contributed by atoms with E-state index in [0.29, 0.717) is 11.6 Å². The molecule has 102 valence electrons. The van der Waals surface area contributed by atoms with Gasteiger partial charge in [-0.2, -0.15) is 5.10 Å². The minimum absolute atomic E-state index is 0.00105. The fraction of sp³-hybridized carbons (Fsp3) is 0.357. The van der Waals surface area contributed by atoms with Crippen molar-refractivity contribution < 1.29 is 0 Å². The summed E-state index contributed by atoms with van der Waals surface area (Å²) in [5.41, 5.74) is 9.30. The van der Waals surface area contributed by atoms with Crippen LogP contribution in [0.1, 0.15) is 16.8 Å². The Labute approximate surface area is 123 Å². The highest BCUT2D eigenvalue weighted by Gasteiger charge is 2.15. The Kier molecular flexibility index (Phi) is 4.50. The maximum absolute atomic E-state index is 6.21. The second kappa shape index (κ2) is 5.95. The van der Waals surface area contributed by atoms with Crippen LogP contribution in [-0.4, -0.2) is 15.8 Å². The minimum atomic E-state index is -0.00105. The maximum atomic E-state index is 6.21. The van der Waals surface area contributed by atoms with Crippen LogP contribution in [0.25, 0.3) is 0 Å². The van der Waals surface area contributed by atoms with Crippen LogP contribution in [0.4, 0.5) is 0 Å². The Hall–Kier alpha value is -1.03. The third-order valence-corrected chi connectivity index (χ3v) is 3.83. The fourth-order valence-corrected chi connectivity index (χ4v) is 2.67. The van der Waals surface area contributed by atoms with Gasteiger partial charge in [0.1, 0.15) is 5.15 Å². The zero-order valence-electron chi connectivity index (χ0n) is 11.0.